The first-order valence-corrected chi connectivity index (χ1v) is 6.93. The van der Waals surface area contributed by atoms with Gasteiger partial charge in [0, 0.05) is 19.4 Å². The topological polar surface area (TPSA) is 46.2 Å². The molecule has 0 heterocycles. The molecule has 0 aliphatic heterocycles. The van der Waals surface area contributed by atoms with Gasteiger partial charge < -0.3 is 5.32 Å². The fourth-order valence-corrected chi connectivity index (χ4v) is 1.71. The van der Waals surface area contributed by atoms with Crippen molar-refractivity contribution in [3.05, 3.63) is 0 Å². The number of amides is 1. The Bertz CT molecular complexity index is 214. The van der Waals surface area contributed by atoms with Crippen LogP contribution in [0.3, 0.4) is 0 Å². The number of hydrogen-bond acceptors (Lipinski definition) is 2. The molecule has 3 heteroatoms. The molecule has 0 aliphatic carbocycles. The first-order chi connectivity index (χ1) is 8.16. The molecule has 1 N–H and O–H groups in total. The van der Waals surface area contributed by atoms with E-state index >= 15 is 0 Å². The molecule has 1 amide bonds. The SMILES string of the molecule is CCCCCCCCCC(=O)NCCC(C)=O. The predicted octanol–water partition coefficient (Wildman–Crippen LogP) is 3.22. The third kappa shape index (κ3) is 13.1. The monoisotopic (exact) mass is 241 g/mol. The van der Waals surface area contributed by atoms with Crippen LogP contribution in [0, 0.1) is 0 Å². The van der Waals surface area contributed by atoms with Gasteiger partial charge in [-0.15, -0.1) is 0 Å². The van der Waals surface area contributed by atoms with Gasteiger partial charge in [0.05, 0.1) is 0 Å². The highest BCUT2D eigenvalue weighted by Gasteiger charge is 2.01. The lowest BCUT2D eigenvalue weighted by Crippen LogP contribution is -2.25. The standard InChI is InChI=1S/C14H27NO2/c1-3-4-5-6-7-8-9-10-14(17)15-12-11-13(2)16/h3-12H2,1-2H3,(H,15,17). The molecule has 0 aromatic heterocycles. The van der Waals surface area contributed by atoms with Crippen molar-refractivity contribution < 1.29 is 9.59 Å². The summed E-state index contributed by atoms with van der Waals surface area (Å²) >= 11 is 0. The summed E-state index contributed by atoms with van der Waals surface area (Å²) in [5.41, 5.74) is 0. The van der Waals surface area contributed by atoms with Gasteiger partial charge in [-0.25, -0.2) is 0 Å². The van der Waals surface area contributed by atoms with Gasteiger partial charge in [0.25, 0.3) is 0 Å². The molecule has 0 aromatic rings. The van der Waals surface area contributed by atoms with Crippen LogP contribution >= 0.6 is 0 Å². The second kappa shape index (κ2) is 11.6. The van der Waals surface area contributed by atoms with Crippen LogP contribution in [0.25, 0.3) is 0 Å². The van der Waals surface area contributed by atoms with Gasteiger partial charge in [-0.2, -0.15) is 0 Å². The predicted molar refractivity (Wildman–Crippen MR) is 70.9 cm³/mol. The fourth-order valence-electron chi connectivity index (χ4n) is 1.71. The molecule has 0 saturated carbocycles. The Balaban J connectivity index is 3.19. The van der Waals surface area contributed by atoms with E-state index in [0.717, 1.165) is 12.8 Å². The van der Waals surface area contributed by atoms with Crippen LogP contribution in [0.15, 0.2) is 0 Å². The number of hydrogen-bond donors (Lipinski definition) is 1. The summed E-state index contributed by atoms with van der Waals surface area (Å²) in [6.07, 6.45) is 9.61. The average Bonchev–Trinajstić information content (AvgIpc) is 2.27. The molecule has 0 saturated heterocycles. The van der Waals surface area contributed by atoms with E-state index in [1.165, 1.54) is 32.1 Å². The van der Waals surface area contributed by atoms with Crippen molar-refractivity contribution >= 4 is 11.7 Å². The van der Waals surface area contributed by atoms with Gasteiger partial charge in [0.1, 0.15) is 5.78 Å². The van der Waals surface area contributed by atoms with Gasteiger partial charge in [-0.05, 0) is 13.3 Å². The lowest BCUT2D eigenvalue weighted by atomic mass is 10.1. The number of Topliss-reactive ketones (excluding diaryl/α,β-unsaturated/α-hetero) is 1. The molecule has 0 spiro atoms. The van der Waals surface area contributed by atoms with Gasteiger partial charge in [0.2, 0.25) is 5.91 Å². The molecule has 0 aromatic carbocycles. The molecule has 0 rings (SSSR count). The minimum atomic E-state index is 0.0832. The zero-order valence-electron chi connectivity index (χ0n) is 11.4. The normalized spacial score (nSPS) is 10.2. The smallest absolute Gasteiger partial charge is 0.220 e. The third-order valence-electron chi connectivity index (χ3n) is 2.81. The molecule has 0 fully saturated rings. The van der Waals surface area contributed by atoms with Crippen molar-refractivity contribution in [1.82, 2.24) is 5.32 Å². The Morgan fingerprint density at radius 1 is 0.882 bits per heavy atom. The van der Waals surface area contributed by atoms with E-state index in [-0.39, 0.29) is 11.7 Å². The lowest BCUT2D eigenvalue weighted by molar-refractivity contribution is -0.121. The highest BCUT2D eigenvalue weighted by molar-refractivity contribution is 5.78. The fraction of sp³-hybridized carbons (Fsp3) is 0.857. The second-order valence-corrected chi connectivity index (χ2v) is 4.67. The maximum Gasteiger partial charge on any atom is 0.220 e. The average molecular weight is 241 g/mol. The van der Waals surface area contributed by atoms with Crippen molar-refractivity contribution in [3.63, 3.8) is 0 Å². The number of ketones is 1. The number of unbranched alkanes of at least 4 members (excludes halogenated alkanes) is 6. The van der Waals surface area contributed by atoms with Crippen molar-refractivity contribution in [2.45, 2.75) is 71.6 Å². The van der Waals surface area contributed by atoms with Crippen LogP contribution in [0.5, 0.6) is 0 Å². The van der Waals surface area contributed by atoms with Crippen molar-refractivity contribution in [2.75, 3.05) is 6.54 Å². The van der Waals surface area contributed by atoms with Crippen LogP contribution in [-0.2, 0) is 9.59 Å². The highest BCUT2D eigenvalue weighted by atomic mass is 16.1. The molecule has 0 atom stereocenters. The Morgan fingerprint density at radius 3 is 2.06 bits per heavy atom. The Kier molecular flexibility index (Phi) is 11.0. The zero-order valence-corrected chi connectivity index (χ0v) is 11.4. The number of carbonyl (C=O) groups is 2. The number of rotatable bonds is 11. The van der Waals surface area contributed by atoms with Gasteiger partial charge in [-0.3, -0.25) is 9.59 Å². The van der Waals surface area contributed by atoms with Crippen LogP contribution < -0.4 is 5.32 Å². The molecule has 0 unspecified atom stereocenters. The maximum atomic E-state index is 11.3. The first-order valence-electron chi connectivity index (χ1n) is 6.93. The summed E-state index contributed by atoms with van der Waals surface area (Å²) in [6, 6.07) is 0. The van der Waals surface area contributed by atoms with Crippen LogP contribution in [0.4, 0.5) is 0 Å². The highest BCUT2D eigenvalue weighted by Crippen LogP contribution is 2.08. The Morgan fingerprint density at radius 2 is 1.47 bits per heavy atom. The molecule has 100 valence electrons. The van der Waals surface area contributed by atoms with Gasteiger partial charge in [0.15, 0.2) is 0 Å². The van der Waals surface area contributed by atoms with Crippen molar-refractivity contribution in [2.24, 2.45) is 0 Å². The zero-order chi connectivity index (χ0) is 12.9. The summed E-state index contributed by atoms with van der Waals surface area (Å²) in [6.45, 7) is 4.25. The van der Waals surface area contributed by atoms with Gasteiger partial charge >= 0.3 is 0 Å². The van der Waals surface area contributed by atoms with Crippen molar-refractivity contribution in [3.8, 4) is 0 Å². The van der Waals surface area contributed by atoms with Crippen LogP contribution in [-0.4, -0.2) is 18.2 Å². The summed E-state index contributed by atoms with van der Waals surface area (Å²) < 4.78 is 0. The van der Waals surface area contributed by atoms with Crippen LogP contribution in [0.2, 0.25) is 0 Å². The van der Waals surface area contributed by atoms with Crippen LogP contribution in [0.1, 0.15) is 71.6 Å². The summed E-state index contributed by atoms with van der Waals surface area (Å²) in [5, 5.41) is 2.77. The van der Waals surface area contributed by atoms with E-state index in [0.29, 0.717) is 19.4 Å². The largest absolute Gasteiger partial charge is 0.356 e. The molecular weight excluding hydrogens is 214 g/mol. The third-order valence-corrected chi connectivity index (χ3v) is 2.81. The molecule has 3 nitrogen and oxygen atoms in total. The van der Waals surface area contributed by atoms with E-state index < -0.39 is 0 Å². The first kappa shape index (κ1) is 16.1. The Labute approximate surface area is 105 Å². The van der Waals surface area contributed by atoms with Gasteiger partial charge in [-0.1, -0.05) is 45.4 Å². The maximum absolute atomic E-state index is 11.3. The lowest BCUT2D eigenvalue weighted by Gasteiger charge is -2.03. The minimum absolute atomic E-state index is 0.0832. The number of nitrogens with one attached hydrogen (secondary N) is 1. The molecule has 17 heavy (non-hydrogen) atoms. The molecule has 0 bridgehead atoms. The van der Waals surface area contributed by atoms with E-state index in [1.54, 1.807) is 6.92 Å². The summed E-state index contributed by atoms with van der Waals surface area (Å²) in [4.78, 5) is 22.0. The minimum Gasteiger partial charge on any atom is -0.356 e. The Hall–Kier alpha value is -0.860. The molecule has 0 aliphatic rings. The summed E-state index contributed by atoms with van der Waals surface area (Å²) in [5.74, 6) is 0.209. The second-order valence-electron chi connectivity index (χ2n) is 4.67. The van der Waals surface area contributed by atoms with E-state index in [9.17, 15) is 9.59 Å². The van der Waals surface area contributed by atoms with E-state index in [4.69, 9.17) is 0 Å². The molecule has 0 radical (unpaired) electrons. The van der Waals surface area contributed by atoms with E-state index in [1.807, 2.05) is 0 Å². The summed E-state index contributed by atoms with van der Waals surface area (Å²) in [7, 11) is 0. The number of carbonyl (C=O) groups excluding carboxylic acids is 2. The quantitative estimate of drug-likeness (QED) is 0.564. The van der Waals surface area contributed by atoms with Crippen molar-refractivity contribution in [1.29, 1.82) is 0 Å². The molecular formula is C14H27NO2. The van der Waals surface area contributed by atoms with E-state index in [2.05, 4.69) is 12.2 Å².